The Kier molecular flexibility index (Phi) is 10.0. The van der Waals surface area contributed by atoms with Crippen molar-refractivity contribution in [2.24, 2.45) is 5.41 Å². The molecule has 1 atom stereocenters. The second kappa shape index (κ2) is 10.6. The Hall–Kier alpha value is -1.13. The fourth-order valence-corrected chi connectivity index (χ4v) is 2.27. The summed E-state index contributed by atoms with van der Waals surface area (Å²) in [6, 6.07) is 0. The minimum atomic E-state index is -1.66. The van der Waals surface area contributed by atoms with E-state index in [2.05, 4.69) is 0 Å². The zero-order valence-electron chi connectivity index (χ0n) is 13.2. The molecule has 0 heterocycles. The first-order valence-corrected chi connectivity index (χ1v) is 7.91. The highest BCUT2D eigenvalue weighted by Gasteiger charge is 2.40. The van der Waals surface area contributed by atoms with Crippen molar-refractivity contribution in [1.82, 2.24) is 0 Å². The van der Waals surface area contributed by atoms with Gasteiger partial charge in [-0.15, -0.1) is 0 Å². The average Bonchev–Trinajstić information content (AvgIpc) is 2.39. The van der Waals surface area contributed by atoms with Crippen LogP contribution in [0.3, 0.4) is 0 Å². The first-order valence-electron chi connectivity index (χ1n) is 7.91. The van der Waals surface area contributed by atoms with Crippen molar-refractivity contribution in [3.63, 3.8) is 0 Å². The van der Waals surface area contributed by atoms with E-state index in [1.165, 1.54) is 6.92 Å². The summed E-state index contributed by atoms with van der Waals surface area (Å²) in [5.41, 5.74) is -1.66. The number of rotatable bonds is 13. The molecule has 0 rings (SSSR count). The molecule has 1 unspecified atom stereocenters. The first kappa shape index (κ1) is 19.9. The number of carboxylic acids is 2. The average molecular weight is 304 g/mol. The molecule has 0 aromatic carbocycles. The highest BCUT2D eigenvalue weighted by atomic mass is 19.1. The summed E-state index contributed by atoms with van der Waals surface area (Å²) in [6.07, 6.45) is 7.86. The molecular formula is C16H29FO4. The third kappa shape index (κ3) is 8.68. The molecule has 2 N–H and O–H groups in total. The maximum Gasteiger partial charge on any atom is 0.320 e. The summed E-state index contributed by atoms with van der Waals surface area (Å²) in [4.78, 5) is 21.9. The topological polar surface area (TPSA) is 74.6 Å². The van der Waals surface area contributed by atoms with Gasteiger partial charge in [-0.05, 0) is 26.7 Å². The van der Waals surface area contributed by atoms with Crippen LogP contribution >= 0.6 is 0 Å². The molecule has 0 spiro atoms. The van der Waals surface area contributed by atoms with Crippen LogP contribution in [0.4, 0.5) is 4.39 Å². The monoisotopic (exact) mass is 304 g/mol. The van der Waals surface area contributed by atoms with E-state index in [0.29, 0.717) is 12.8 Å². The van der Waals surface area contributed by atoms with Crippen molar-refractivity contribution in [2.45, 2.75) is 84.2 Å². The summed E-state index contributed by atoms with van der Waals surface area (Å²) in [6.45, 7) is 2.85. The maximum atomic E-state index is 12.5. The normalized spacial score (nSPS) is 13.1. The van der Waals surface area contributed by atoms with Crippen LogP contribution < -0.4 is 0 Å². The van der Waals surface area contributed by atoms with Gasteiger partial charge < -0.3 is 10.2 Å². The summed E-state index contributed by atoms with van der Waals surface area (Å²) in [5.74, 6) is -2.53. The zero-order chi connectivity index (χ0) is 16.3. The largest absolute Gasteiger partial charge is 0.480 e. The van der Waals surface area contributed by atoms with Gasteiger partial charge in [-0.2, -0.15) is 0 Å². The molecule has 0 saturated carbocycles. The van der Waals surface area contributed by atoms with Crippen molar-refractivity contribution in [3.8, 4) is 0 Å². The number of carboxylic acid groups (broad SMARTS) is 2. The molecule has 124 valence electrons. The molecular weight excluding hydrogens is 275 g/mol. The van der Waals surface area contributed by atoms with Gasteiger partial charge >= 0.3 is 11.9 Å². The molecule has 21 heavy (non-hydrogen) atoms. The second-order valence-electron chi connectivity index (χ2n) is 6.09. The predicted octanol–water partition coefficient (Wildman–Crippen LogP) is 4.42. The van der Waals surface area contributed by atoms with Crippen molar-refractivity contribution in [1.29, 1.82) is 0 Å². The van der Waals surface area contributed by atoms with Gasteiger partial charge in [-0.3, -0.25) is 9.59 Å². The minimum absolute atomic E-state index is 0.173. The third-order valence-electron chi connectivity index (χ3n) is 3.97. The van der Waals surface area contributed by atoms with Crippen molar-refractivity contribution < 1.29 is 24.2 Å². The van der Waals surface area contributed by atoms with E-state index in [9.17, 15) is 14.0 Å². The van der Waals surface area contributed by atoms with Crippen molar-refractivity contribution in [2.75, 3.05) is 0 Å². The van der Waals surface area contributed by atoms with Gasteiger partial charge in [-0.1, -0.05) is 51.4 Å². The molecule has 0 fully saturated rings. The molecule has 0 aromatic rings. The quantitative estimate of drug-likeness (QED) is 0.390. The van der Waals surface area contributed by atoms with E-state index in [1.54, 1.807) is 6.92 Å². The molecule has 4 nitrogen and oxygen atoms in total. The number of hydrogen-bond donors (Lipinski definition) is 2. The van der Waals surface area contributed by atoms with E-state index in [1.807, 2.05) is 0 Å². The standard InChI is InChI=1S/C16H29FO4/c1-13(17)11-9-7-5-3-4-6-8-10-12-16(2,14(18)19)15(20)21/h13H,3-12H2,1-2H3,(H,18,19)(H,20,21). The molecule has 0 aromatic heterocycles. The van der Waals surface area contributed by atoms with E-state index in [0.717, 1.165) is 44.9 Å². The number of halogens is 1. The van der Waals surface area contributed by atoms with E-state index in [4.69, 9.17) is 10.2 Å². The molecule has 0 saturated heterocycles. The molecule has 5 heteroatoms. The number of unbranched alkanes of at least 4 members (excludes halogenated alkanes) is 7. The van der Waals surface area contributed by atoms with Crippen LogP contribution in [-0.2, 0) is 9.59 Å². The van der Waals surface area contributed by atoms with Gasteiger partial charge in [0.1, 0.15) is 0 Å². The van der Waals surface area contributed by atoms with Crippen LogP contribution in [0.5, 0.6) is 0 Å². The lowest BCUT2D eigenvalue weighted by Gasteiger charge is -2.19. The third-order valence-corrected chi connectivity index (χ3v) is 3.97. The SMILES string of the molecule is CC(F)CCCCCCCCCCC(C)(C(=O)O)C(=O)O. The molecule has 0 bridgehead atoms. The van der Waals surface area contributed by atoms with Crippen LogP contribution in [-0.4, -0.2) is 28.3 Å². The highest BCUT2D eigenvalue weighted by molar-refractivity contribution is 5.97. The zero-order valence-corrected chi connectivity index (χ0v) is 13.2. The Morgan fingerprint density at radius 1 is 0.905 bits per heavy atom. The molecule has 0 radical (unpaired) electrons. The van der Waals surface area contributed by atoms with Crippen LogP contribution in [0.15, 0.2) is 0 Å². The van der Waals surface area contributed by atoms with Gasteiger partial charge in [0, 0.05) is 0 Å². The smallest absolute Gasteiger partial charge is 0.320 e. The fraction of sp³-hybridized carbons (Fsp3) is 0.875. The van der Waals surface area contributed by atoms with Crippen LogP contribution in [0.2, 0.25) is 0 Å². The number of hydrogen-bond acceptors (Lipinski definition) is 2. The molecule has 0 amide bonds. The van der Waals surface area contributed by atoms with Gasteiger partial charge in [0.25, 0.3) is 0 Å². The van der Waals surface area contributed by atoms with E-state index < -0.39 is 23.5 Å². The lowest BCUT2D eigenvalue weighted by atomic mass is 9.85. The fourth-order valence-electron chi connectivity index (χ4n) is 2.27. The van der Waals surface area contributed by atoms with Crippen molar-refractivity contribution >= 4 is 11.9 Å². The summed E-state index contributed by atoms with van der Waals surface area (Å²) >= 11 is 0. The van der Waals surface area contributed by atoms with Gasteiger partial charge in [0.05, 0.1) is 6.17 Å². The summed E-state index contributed by atoms with van der Waals surface area (Å²) in [7, 11) is 0. The van der Waals surface area contributed by atoms with Crippen LogP contribution in [0.25, 0.3) is 0 Å². The van der Waals surface area contributed by atoms with E-state index in [-0.39, 0.29) is 6.42 Å². The lowest BCUT2D eigenvalue weighted by Crippen LogP contribution is -2.36. The van der Waals surface area contributed by atoms with Crippen molar-refractivity contribution in [3.05, 3.63) is 0 Å². The Bertz CT molecular complexity index is 301. The van der Waals surface area contributed by atoms with E-state index >= 15 is 0 Å². The van der Waals surface area contributed by atoms with Gasteiger partial charge in [0.15, 0.2) is 5.41 Å². The molecule has 0 aliphatic heterocycles. The second-order valence-corrected chi connectivity index (χ2v) is 6.09. The minimum Gasteiger partial charge on any atom is -0.480 e. The Morgan fingerprint density at radius 2 is 1.29 bits per heavy atom. The van der Waals surface area contributed by atoms with Gasteiger partial charge in [0.2, 0.25) is 0 Å². The molecule has 0 aliphatic carbocycles. The van der Waals surface area contributed by atoms with Crippen LogP contribution in [0, 0.1) is 5.41 Å². The van der Waals surface area contributed by atoms with Crippen LogP contribution in [0.1, 0.15) is 78.1 Å². The van der Waals surface area contributed by atoms with Gasteiger partial charge in [-0.25, -0.2) is 4.39 Å². The molecule has 0 aliphatic rings. The highest BCUT2D eigenvalue weighted by Crippen LogP contribution is 2.25. The number of carbonyl (C=O) groups is 2. The number of aliphatic carboxylic acids is 2. The maximum absolute atomic E-state index is 12.5. The first-order chi connectivity index (χ1) is 9.80. The Morgan fingerprint density at radius 3 is 1.67 bits per heavy atom. The Labute approximate surface area is 126 Å². The lowest BCUT2D eigenvalue weighted by molar-refractivity contribution is -0.163. The summed E-state index contributed by atoms with van der Waals surface area (Å²) in [5, 5.41) is 17.9. The summed E-state index contributed by atoms with van der Waals surface area (Å²) < 4.78 is 12.5. The predicted molar refractivity (Wildman–Crippen MR) is 80.1 cm³/mol. The Balaban J connectivity index is 3.56. The number of alkyl halides is 1.